The van der Waals surface area contributed by atoms with E-state index in [-0.39, 0.29) is 6.79 Å². The smallest absolute Gasteiger partial charge is 0.231 e. The maximum Gasteiger partial charge on any atom is 0.231 e. The van der Waals surface area contributed by atoms with Gasteiger partial charge < -0.3 is 18.9 Å². The molecule has 3 aromatic carbocycles. The number of rotatable bonds is 6. The van der Waals surface area contributed by atoms with Crippen molar-refractivity contribution in [2.24, 2.45) is 0 Å². The van der Waals surface area contributed by atoms with Gasteiger partial charge >= 0.3 is 0 Å². The molecule has 1 aliphatic rings. The second-order valence-electron chi connectivity index (χ2n) is 6.69. The van der Waals surface area contributed by atoms with Crippen LogP contribution in [-0.2, 0) is 6.61 Å². The lowest BCUT2D eigenvalue weighted by molar-refractivity contribution is 0.174. The Balaban J connectivity index is 1.60. The Morgan fingerprint density at radius 2 is 1.84 bits per heavy atom. The van der Waals surface area contributed by atoms with Crippen LogP contribution in [0.15, 0.2) is 54.6 Å². The van der Waals surface area contributed by atoms with Crippen LogP contribution in [0, 0.1) is 11.3 Å². The van der Waals surface area contributed by atoms with E-state index < -0.39 is 0 Å². The van der Waals surface area contributed by atoms with Crippen LogP contribution >= 0.6 is 23.2 Å². The number of hydrogen-bond acceptors (Lipinski definition) is 5. The first-order chi connectivity index (χ1) is 15.1. The van der Waals surface area contributed by atoms with Gasteiger partial charge in [0.15, 0.2) is 23.0 Å². The van der Waals surface area contributed by atoms with Crippen LogP contribution in [-0.4, -0.2) is 13.9 Å². The molecular formula is C24H17Cl2NO4. The van der Waals surface area contributed by atoms with Gasteiger partial charge in [0.05, 0.1) is 23.8 Å². The van der Waals surface area contributed by atoms with E-state index in [4.69, 9.17) is 42.1 Å². The second kappa shape index (κ2) is 9.22. The summed E-state index contributed by atoms with van der Waals surface area (Å²) in [5.41, 5.74) is 2.81. The summed E-state index contributed by atoms with van der Waals surface area (Å²) < 4.78 is 22.1. The number of nitrogens with zero attached hydrogens (tertiary/aromatic N) is 1. The zero-order valence-electron chi connectivity index (χ0n) is 16.5. The largest absolute Gasteiger partial charge is 0.493 e. The molecule has 5 nitrogen and oxygen atoms in total. The van der Waals surface area contributed by atoms with E-state index in [1.54, 1.807) is 42.5 Å². The highest BCUT2D eigenvalue weighted by Crippen LogP contribution is 2.39. The minimum atomic E-state index is 0.175. The normalized spacial score (nSPS) is 12.4. The number of hydrogen-bond donors (Lipinski definition) is 0. The Morgan fingerprint density at radius 3 is 2.58 bits per heavy atom. The Morgan fingerprint density at radius 1 is 1.06 bits per heavy atom. The van der Waals surface area contributed by atoms with Crippen LogP contribution in [0.25, 0.3) is 11.6 Å². The minimum absolute atomic E-state index is 0.175. The molecule has 0 fully saturated rings. The molecule has 0 atom stereocenters. The fraction of sp³-hybridized carbons (Fsp3) is 0.125. The van der Waals surface area contributed by atoms with Crippen molar-refractivity contribution in [2.45, 2.75) is 6.61 Å². The summed E-state index contributed by atoms with van der Waals surface area (Å²) in [4.78, 5) is 0. The summed E-state index contributed by atoms with van der Waals surface area (Å²) in [6, 6.07) is 18.4. The van der Waals surface area contributed by atoms with Gasteiger partial charge in [-0.05, 0) is 65.2 Å². The van der Waals surface area contributed by atoms with E-state index in [1.165, 1.54) is 7.11 Å². The molecule has 0 bridgehead atoms. The number of benzene rings is 3. The molecule has 0 N–H and O–H groups in total. The third kappa shape index (κ3) is 4.72. The molecule has 0 saturated carbocycles. The number of halogens is 2. The zero-order valence-corrected chi connectivity index (χ0v) is 18.0. The molecule has 0 spiro atoms. The van der Waals surface area contributed by atoms with Crippen LogP contribution in [0.1, 0.15) is 16.7 Å². The molecule has 1 aliphatic heterocycles. The lowest BCUT2D eigenvalue weighted by atomic mass is 10.0. The van der Waals surface area contributed by atoms with Gasteiger partial charge in [-0.2, -0.15) is 5.26 Å². The first-order valence-electron chi connectivity index (χ1n) is 9.34. The summed E-state index contributed by atoms with van der Waals surface area (Å²) in [5, 5.41) is 10.7. The van der Waals surface area contributed by atoms with Crippen LogP contribution < -0.4 is 18.9 Å². The first kappa shape index (κ1) is 20.9. The molecule has 31 heavy (non-hydrogen) atoms. The lowest BCUT2D eigenvalue weighted by Crippen LogP contribution is -1.99. The van der Waals surface area contributed by atoms with E-state index in [2.05, 4.69) is 6.07 Å². The molecule has 0 unspecified atom stereocenters. The van der Waals surface area contributed by atoms with Crippen LogP contribution in [0.2, 0.25) is 10.0 Å². The number of allylic oxidation sites excluding steroid dienone is 1. The van der Waals surface area contributed by atoms with E-state index >= 15 is 0 Å². The second-order valence-corrected chi connectivity index (χ2v) is 7.53. The van der Waals surface area contributed by atoms with E-state index in [1.807, 2.05) is 18.2 Å². The quantitative estimate of drug-likeness (QED) is 0.320. The molecule has 1 heterocycles. The molecular weight excluding hydrogens is 437 g/mol. The molecule has 0 radical (unpaired) electrons. The fourth-order valence-electron chi connectivity index (χ4n) is 3.11. The number of fused-ring (bicyclic) bond motifs is 1. The average molecular weight is 454 g/mol. The summed E-state index contributed by atoms with van der Waals surface area (Å²) in [7, 11) is 1.54. The molecule has 156 valence electrons. The van der Waals surface area contributed by atoms with Crippen molar-refractivity contribution >= 4 is 34.9 Å². The highest BCUT2D eigenvalue weighted by Gasteiger charge is 2.16. The van der Waals surface area contributed by atoms with Crippen molar-refractivity contribution in [3.05, 3.63) is 81.3 Å². The molecule has 3 aromatic rings. The molecule has 7 heteroatoms. The Hall–Kier alpha value is -3.33. The van der Waals surface area contributed by atoms with Gasteiger partial charge in [0.1, 0.15) is 6.61 Å². The van der Waals surface area contributed by atoms with Gasteiger partial charge in [0.2, 0.25) is 6.79 Å². The molecule has 0 saturated heterocycles. The lowest BCUT2D eigenvalue weighted by Gasteiger charge is -2.14. The summed E-state index contributed by atoms with van der Waals surface area (Å²) >= 11 is 12.4. The fourth-order valence-corrected chi connectivity index (χ4v) is 3.51. The Bertz CT molecular complexity index is 1180. The molecule has 0 aromatic heterocycles. The van der Waals surface area contributed by atoms with Gasteiger partial charge in [-0.1, -0.05) is 35.3 Å². The molecule has 4 rings (SSSR count). The number of methoxy groups -OCH3 is 1. The monoisotopic (exact) mass is 453 g/mol. The maximum atomic E-state index is 9.68. The van der Waals surface area contributed by atoms with E-state index in [0.717, 1.165) is 5.56 Å². The van der Waals surface area contributed by atoms with Gasteiger partial charge in [0.25, 0.3) is 0 Å². The van der Waals surface area contributed by atoms with Gasteiger partial charge in [-0.3, -0.25) is 0 Å². The third-order valence-electron chi connectivity index (χ3n) is 4.66. The predicted molar refractivity (Wildman–Crippen MR) is 120 cm³/mol. The van der Waals surface area contributed by atoms with Gasteiger partial charge in [-0.15, -0.1) is 0 Å². The van der Waals surface area contributed by atoms with Crippen LogP contribution in [0.3, 0.4) is 0 Å². The highest BCUT2D eigenvalue weighted by atomic mass is 35.5. The maximum absolute atomic E-state index is 9.68. The Labute approximate surface area is 189 Å². The van der Waals surface area contributed by atoms with Crippen molar-refractivity contribution in [2.75, 3.05) is 13.9 Å². The topological polar surface area (TPSA) is 60.7 Å². The van der Waals surface area contributed by atoms with Crippen LogP contribution in [0.5, 0.6) is 23.0 Å². The van der Waals surface area contributed by atoms with Gasteiger partial charge in [0, 0.05) is 5.02 Å². The minimum Gasteiger partial charge on any atom is -0.493 e. The number of ether oxygens (including phenoxy) is 4. The SMILES string of the molecule is COc1cc(/C=C(/C#N)c2ccc3c(c2)OCO3)cc(Cl)c1OCc1ccc(Cl)cc1. The third-order valence-corrected chi connectivity index (χ3v) is 5.20. The average Bonchev–Trinajstić information content (AvgIpc) is 3.25. The zero-order chi connectivity index (χ0) is 21.8. The van der Waals surface area contributed by atoms with Gasteiger partial charge in [-0.25, -0.2) is 0 Å². The standard InChI is InChI=1S/C24H17Cl2NO4/c1-28-23-10-16(8-18(12-27)17-4-7-21-22(11-17)31-14-30-21)9-20(26)24(23)29-13-15-2-5-19(25)6-3-15/h2-11H,13-14H2,1H3/b18-8-. The molecule has 0 amide bonds. The Kier molecular flexibility index (Phi) is 6.22. The van der Waals surface area contributed by atoms with Crippen LogP contribution in [0.4, 0.5) is 0 Å². The van der Waals surface area contributed by atoms with Crippen molar-refractivity contribution in [3.8, 4) is 29.1 Å². The van der Waals surface area contributed by atoms with E-state index in [9.17, 15) is 5.26 Å². The predicted octanol–water partition coefficient (Wildman–Crippen LogP) is 6.37. The highest BCUT2D eigenvalue weighted by molar-refractivity contribution is 6.32. The summed E-state index contributed by atoms with van der Waals surface area (Å²) in [5.74, 6) is 2.17. The molecule has 0 aliphatic carbocycles. The summed E-state index contributed by atoms with van der Waals surface area (Å²) in [6.45, 7) is 0.484. The van der Waals surface area contributed by atoms with E-state index in [0.29, 0.717) is 56.4 Å². The van der Waals surface area contributed by atoms with Crippen molar-refractivity contribution in [1.82, 2.24) is 0 Å². The first-order valence-corrected chi connectivity index (χ1v) is 10.1. The number of nitriles is 1. The summed E-state index contributed by atoms with van der Waals surface area (Å²) in [6.07, 6.45) is 1.73. The van der Waals surface area contributed by atoms with Crippen molar-refractivity contribution < 1.29 is 18.9 Å². The van der Waals surface area contributed by atoms with Crippen molar-refractivity contribution in [3.63, 3.8) is 0 Å². The van der Waals surface area contributed by atoms with Crippen molar-refractivity contribution in [1.29, 1.82) is 5.26 Å².